The van der Waals surface area contributed by atoms with Crippen LogP contribution in [0.4, 0.5) is 0 Å². The molecule has 1 saturated carbocycles. The standard InChI is InChI=1S/C16H18N4S/c1-20-14-5-3-2-4-12(14)19-16(20)13-10-21-15(18-13)9-17-8-11-6-7-11/h2-5,10-11,17H,6-9H2,1H3. The number of fused-ring (bicyclic) bond motifs is 1. The Morgan fingerprint density at radius 3 is 2.95 bits per heavy atom. The Morgan fingerprint density at radius 1 is 1.29 bits per heavy atom. The molecule has 108 valence electrons. The third kappa shape index (κ3) is 2.59. The SMILES string of the molecule is Cn1c(-c2csc(CNCC3CC3)n2)nc2ccccc21. The fraction of sp³-hybridized carbons (Fsp3) is 0.375. The van der Waals surface area contributed by atoms with Crippen LogP contribution in [0.2, 0.25) is 0 Å². The first-order chi connectivity index (χ1) is 10.3. The summed E-state index contributed by atoms with van der Waals surface area (Å²) in [6, 6.07) is 8.20. The maximum atomic E-state index is 4.73. The average molecular weight is 298 g/mol. The van der Waals surface area contributed by atoms with E-state index in [0.717, 1.165) is 46.6 Å². The van der Waals surface area contributed by atoms with Gasteiger partial charge in [-0.25, -0.2) is 9.97 Å². The lowest BCUT2D eigenvalue weighted by atomic mass is 10.3. The molecule has 21 heavy (non-hydrogen) atoms. The molecule has 5 heteroatoms. The minimum Gasteiger partial charge on any atom is -0.326 e. The highest BCUT2D eigenvalue weighted by atomic mass is 32.1. The number of nitrogens with one attached hydrogen (secondary N) is 1. The fourth-order valence-corrected chi connectivity index (χ4v) is 3.32. The summed E-state index contributed by atoms with van der Waals surface area (Å²) < 4.78 is 2.12. The predicted octanol–water partition coefficient (Wildman–Crippen LogP) is 3.20. The van der Waals surface area contributed by atoms with Crippen LogP contribution >= 0.6 is 11.3 Å². The van der Waals surface area contributed by atoms with Gasteiger partial charge < -0.3 is 9.88 Å². The Bertz CT molecular complexity index is 770. The van der Waals surface area contributed by atoms with Gasteiger partial charge in [0.2, 0.25) is 0 Å². The van der Waals surface area contributed by atoms with Gasteiger partial charge in [0.1, 0.15) is 10.7 Å². The highest BCUT2D eigenvalue weighted by Gasteiger charge is 2.20. The van der Waals surface area contributed by atoms with E-state index in [0.29, 0.717) is 0 Å². The summed E-state index contributed by atoms with van der Waals surface area (Å²) in [4.78, 5) is 9.43. The summed E-state index contributed by atoms with van der Waals surface area (Å²) >= 11 is 1.71. The van der Waals surface area contributed by atoms with E-state index >= 15 is 0 Å². The molecule has 4 rings (SSSR count). The number of hydrogen-bond acceptors (Lipinski definition) is 4. The average Bonchev–Trinajstić information content (AvgIpc) is 3.10. The highest BCUT2D eigenvalue weighted by Crippen LogP contribution is 2.28. The first kappa shape index (κ1) is 13.0. The molecule has 2 aromatic heterocycles. The molecule has 1 aliphatic rings. The van der Waals surface area contributed by atoms with Crippen LogP contribution in [0.25, 0.3) is 22.6 Å². The molecule has 1 N–H and O–H groups in total. The molecule has 0 bridgehead atoms. The number of aryl methyl sites for hydroxylation is 1. The molecule has 0 saturated heterocycles. The number of nitrogens with zero attached hydrogens (tertiary/aromatic N) is 3. The van der Waals surface area contributed by atoms with E-state index in [1.807, 2.05) is 18.2 Å². The molecule has 4 nitrogen and oxygen atoms in total. The zero-order valence-electron chi connectivity index (χ0n) is 12.0. The van der Waals surface area contributed by atoms with Gasteiger partial charge >= 0.3 is 0 Å². The van der Waals surface area contributed by atoms with Crippen molar-refractivity contribution in [2.75, 3.05) is 6.54 Å². The molecule has 0 atom stereocenters. The first-order valence-electron chi connectivity index (χ1n) is 7.38. The second-order valence-electron chi connectivity index (χ2n) is 5.68. The van der Waals surface area contributed by atoms with Crippen molar-refractivity contribution in [3.63, 3.8) is 0 Å². The largest absolute Gasteiger partial charge is 0.326 e. The van der Waals surface area contributed by atoms with E-state index in [4.69, 9.17) is 9.97 Å². The number of thiazole rings is 1. The molecule has 0 spiro atoms. The maximum absolute atomic E-state index is 4.73. The Hall–Kier alpha value is -1.72. The first-order valence-corrected chi connectivity index (χ1v) is 8.26. The van der Waals surface area contributed by atoms with E-state index in [1.54, 1.807) is 11.3 Å². The van der Waals surface area contributed by atoms with Crippen molar-refractivity contribution in [3.05, 3.63) is 34.7 Å². The summed E-state index contributed by atoms with van der Waals surface area (Å²) in [5, 5.41) is 6.73. The minimum absolute atomic E-state index is 0.866. The number of benzene rings is 1. The second-order valence-corrected chi connectivity index (χ2v) is 6.63. The van der Waals surface area contributed by atoms with Crippen LogP contribution in [-0.2, 0) is 13.6 Å². The van der Waals surface area contributed by atoms with Crippen LogP contribution in [0, 0.1) is 5.92 Å². The molecule has 0 radical (unpaired) electrons. The predicted molar refractivity (Wildman–Crippen MR) is 86.3 cm³/mol. The smallest absolute Gasteiger partial charge is 0.160 e. The van der Waals surface area contributed by atoms with Crippen LogP contribution in [-0.4, -0.2) is 21.1 Å². The molecule has 2 heterocycles. The lowest BCUT2D eigenvalue weighted by molar-refractivity contribution is 0.637. The summed E-state index contributed by atoms with van der Waals surface area (Å²) in [6.45, 7) is 1.99. The normalized spacial score (nSPS) is 14.9. The fourth-order valence-electron chi connectivity index (χ4n) is 2.57. The van der Waals surface area contributed by atoms with Gasteiger partial charge in [-0.05, 0) is 37.4 Å². The van der Waals surface area contributed by atoms with Crippen LogP contribution in [0.15, 0.2) is 29.6 Å². The van der Waals surface area contributed by atoms with Gasteiger partial charge in [0.05, 0.1) is 11.0 Å². The summed E-state index contributed by atoms with van der Waals surface area (Å²) in [5.41, 5.74) is 3.15. The topological polar surface area (TPSA) is 42.7 Å². The summed E-state index contributed by atoms with van der Waals surface area (Å²) in [7, 11) is 2.05. The van der Waals surface area contributed by atoms with Crippen molar-refractivity contribution in [2.24, 2.45) is 13.0 Å². The molecule has 1 fully saturated rings. The highest BCUT2D eigenvalue weighted by molar-refractivity contribution is 7.09. The van der Waals surface area contributed by atoms with Gasteiger partial charge in [0.25, 0.3) is 0 Å². The van der Waals surface area contributed by atoms with Gasteiger partial charge in [-0.3, -0.25) is 0 Å². The van der Waals surface area contributed by atoms with Crippen molar-refractivity contribution in [1.29, 1.82) is 0 Å². The molecule has 1 aliphatic carbocycles. The van der Waals surface area contributed by atoms with Crippen molar-refractivity contribution in [3.8, 4) is 11.5 Å². The Labute approximate surface area is 127 Å². The lowest BCUT2D eigenvalue weighted by Gasteiger charge is -2.00. The van der Waals surface area contributed by atoms with Gasteiger partial charge in [-0.1, -0.05) is 12.1 Å². The van der Waals surface area contributed by atoms with Crippen LogP contribution in [0.3, 0.4) is 0 Å². The van der Waals surface area contributed by atoms with E-state index in [1.165, 1.54) is 12.8 Å². The van der Waals surface area contributed by atoms with E-state index in [-0.39, 0.29) is 0 Å². The number of hydrogen-bond donors (Lipinski definition) is 1. The molecule has 1 aromatic carbocycles. The Morgan fingerprint density at radius 2 is 2.14 bits per heavy atom. The third-order valence-electron chi connectivity index (χ3n) is 3.97. The Balaban J connectivity index is 1.56. The van der Waals surface area contributed by atoms with Crippen molar-refractivity contribution < 1.29 is 0 Å². The van der Waals surface area contributed by atoms with Crippen molar-refractivity contribution in [2.45, 2.75) is 19.4 Å². The number of imidazole rings is 1. The van der Waals surface area contributed by atoms with Gasteiger partial charge in [-0.15, -0.1) is 11.3 Å². The van der Waals surface area contributed by atoms with E-state index in [2.05, 4.69) is 28.4 Å². The molecule has 3 aromatic rings. The van der Waals surface area contributed by atoms with E-state index < -0.39 is 0 Å². The number of aromatic nitrogens is 3. The zero-order chi connectivity index (χ0) is 14.2. The molecule has 0 aliphatic heterocycles. The molecular weight excluding hydrogens is 280 g/mol. The quantitative estimate of drug-likeness (QED) is 0.786. The minimum atomic E-state index is 0.866. The summed E-state index contributed by atoms with van der Waals surface area (Å²) in [6.07, 6.45) is 2.77. The summed E-state index contributed by atoms with van der Waals surface area (Å²) in [5.74, 6) is 1.85. The van der Waals surface area contributed by atoms with Gasteiger partial charge in [0.15, 0.2) is 5.82 Å². The van der Waals surface area contributed by atoms with Crippen LogP contribution in [0.1, 0.15) is 17.8 Å². The molecule has 0 amide bonds. The third-order valence-corrected chi connectivity index (χ3v) is 4.82. The van der Waals surface area contributed by atoms with Crippen molar-refractivity contribution in [1.82, 2.24) is 19.9 Å². The number of rotatable bonds is 5. The monoisotopic (exact) mass is 298 g/mol. The van der Waals surface area contributed by atoms with Crippen LogP contribution < -0.4 is 5.32 Å². The zero-order valence-corrected chi connectivity index (χ0v) is 12.9. The molecular formula is C16H18N4S. The Kier molecular flexibility index (Phi) is 3.24. The molecule has 0 unspecified atom stereocenters. The van der Waals surface area contributed by atoms with Crippen LogP contribution in [0.5, 0.6) is 0 Å². The lowest BCUT2D eigenvalue weighted by Crippen LogP contribution is -2.15. The van der Waals surface area contributed by atoms with E-state index in [9.17, 15) is 0 Å². The second kappa shape index (κ2) is 5.24. The maximum Gasteiger partial charge on any atom is 0.160 e. The number of para-hydroxylation sites is 2. The van der Waals surface area contributed by atoms with Gasteiger partial charge in [0, 0.05) is 19.0 Å². The van der Waals surface area contributed by atoms with Gasteiger partial charge in [-0.2, -0.15) is 0 Å². The van der Waals surface area contributed by atoms with Crippen molar-refractivity contribution >= 4 is 22.4 Å².